The Labute approximate surface area is 179 Å². The minimum Gasteiger partial charge on any atom is -0.383 e. The van der Waals surface area contributed by atoms with Gasteiger partial charge in [-0.05, 0) is 55.2 Å². The normalized spacial score (nSPS) is 14.2. The average Bonchev–Trinajstić information content (AvgIpc) is 3.24. The first-order chi connectivity index (χ1) is 14.7. The number of amides is 1. The first-order valence-corrected chi connectivity index (χ1v) is 11.0. The molecule has 1 saturated heterocycles. The van der Waals surface area contributed by atoms with Gasteiger partial charge in [0, 0.05) is 30.4 Å². The summed E-state index contributed by atoms with van der Waals surface area (Å²) in [4.78, 5) is 23.8. The van der Waals surface area contributed by atoms with E-state index in [1.54, 1.807) is 17.5 Å². The van der Waals surface area contributed by atoms with E-state index in [4.69, 9.17) is 10.7 Å². The number of hydrogen-bond donors (Lipinski definition) is 1. The van der Waals surface area contributed by atoms with Crippen LogP contribution in [0.1, 0.15) is 29.6 Å². The second-order valence-electron chi connectivity index (χ2n) is 7.57. The number of hydrogen-bond acceptors (Lipinski definition) is 5. The molecule has 6 heteroatoms. The highest BCUT2D eigenvalue weighted by Gasteiger charge is 2.18. The van der Waals surface area contributed by atoms with E-state index in [1.807, 2.05) is 53.4 Å². The molecule has 3 heterocycles. The summed E-state index contributed by atoms with van der Waals surface area (Å²) in [5, 5.41) is 0.861. The van der Waals surface area contributed by atoms with Gasteiger partial charge in [-0.25, -0.2) is 9.97 Å². The van der Waals surface area contributed by atoms with Crippen LogP contribution in [0.4, 0.5) is 5.82 Å². The third-order valence-corrected chi connectivity index (χ3v) is 6.62. The highest BCUT2D eigenvalue weighted by Crippen LogP contribution is 2.35. The Hall–Kier alpha value is -3.25. The van der Waals surface area contributed by atoms with Gasteiger partial charge in [-0.2, -0.15) is 0 Å². The molecule has 0 atom stereocenters. The molecule has 1 aliphatic rings. The lowest BCUT2D eigenvalue weighted by Gasteiger charge is -2.26. The molecule has 0 saturated carbocycles. The van der Waals surface area contributed by atoms with E-state index >= 15 is 0 Å². The lowest BCUT2D eigenvalue weighted by Crippen LogP contribution is -2.35. The molecular formula is C24H22N4OS. The Morgan fingerprint density at radius 3 is 2.50 bits per heavy atom. The van der Waals surface area contributed by atoms with Gasteiger partial charge in [0.05, 0.1) is 15.8 Å². The van der Waals surface area contributed by atoms with E-state index in [0.29, 0.717) is 5.82 Å². The number of likely N-dealkylation sites (tertiary alicyclic amines) is 1. The Balaban J connectivity index is 1.44. The molecule has 2 aromatic heterocycles. The van der Waals surface area contributed by atoms with Crippen molar-refractivity contribution in [2.75, 3.05) is 18.8 Å². The number of anilines is 1. The van der Waals surface area contributed by atoms with Gasteiger partial charge in [0.2, 0.25) is 0 Å². The van der Waals surface area contributed by atoms with Crippen LogP contribution in [0.25, 0.3) is 31.9 Å². The quantitative estimate of drug-likeness (QED) is 0.498. The molecular weight excluding hydrogens is 392 g/mol. The third kappa shape index (κ3) is 3.55. The molecule has 4 aromatic rings. The number of rotatable bonds is 3. The zero-order valence-corrected chi connectivity index (χ0v) is 17.4. The number of carbonyl (C=O) groups is 1. The first kappa shape index (κ1) is 18.8. The summed E-state index contributed by atoms with van der Waals surface area (Å²) in [5.74, 6) is 0.585. The Morgan fingerprint density at radius 1 is 0.967 bits per heavy atom. The van der Waals surface area contributed by atoms with Gasteiger partial charge < -0.3 is 10.6 Å². The maximum atomic E-state index is 12.7. The molecule has 5 rings (SSSR count). The number of nitrogens with two attached hydrogens (primary N) is 1. The second-order valence-corrected chi connectivity index (χ2v) is 8.60. The largest absolute Gasteiger partial charge is 0.383 e. The fourth-order valence-electron chi connectivity index (χ4n) is 3.88. The number of nitrogen functional groups attached to an aromatic ring is 1. The van der Waals surface area contributed by atoms with Crippen molar-refractivity contribution in [3.05, 3.63) is 66.4 Å². The fraction of sp³-hybridized carbons (Fsp3) is 0.208. The van der Waals surface area contributed by atoms with Crippen LogP contribution in [0.15, 0.2) is 60.8 Å². The molecule has 0 bridgehead atoms. The van der Waals surface area contributed by atoms with E-state index in [9.17, 15) is 4.79 Å². The lowest BCUT2D eigenvalue weighted by atomic mass is 10.0. The summed E-state index contributed by atoms with van der Waals surface area (Å²) in [7, 11) is 0. The van der Waals surface area contributed by atoms with Gasteiger partial charge in [-0.1, -0.05) is 24.3 Å². The van der Waals surface area contributed by atoms with Crippen molar-refractivity contribution < 1.29 is 4.79 Å². The zero-order chi connectivity index (χ0) is 20.5. The number of aromatic nitrogens is 2. The molecule has 5 nitrogen and oxygen atoms in total. The highest BCUT2D eigenvalue weighted by atomic mass is 32.1. The number of benzene rings is 2. The molecule has 1 amide bonds. The number of fused-ring (bicyclic) bond motifs is 1. The molecule has 1 aliphatic heterocycles. The van der Waals surface area contributed by atoms with Gasteiger partial charge in [0.15, 0.2) is 0 Å². The molecule has 2 N–H and O–H groups in total. The van der Waals surface area contributed by atoms with Crippen molar-refractivity contribution in [2.24, 2.45) is 0 Å². The molecule has 150 valence electrons. The average molecular weight is 415 g/mol. The lowest BCUT2D eigenvalue weighted by molar-refractivity contribution is 0.0724. The number of carbonyl (C=O) groups excluding carboxylic acids is 1. The fourth-order valence-corrected chi connectivity index (χ4v) is 4.87. The SMILES string of the molecule is Nc1ncc(-c2ccc(C(=O)N3CCCCC3)cc2)cc1-c1nc2ccccc2s1. The molecule has 2 aromatic carbocycles. The van der Waals surface area contributed by atoms with E-state index in [-0.39, 0.29) is 5.91 Å². The number of piperidine rings is 1. The van der Waals surface area contributed by atoms with Crippen LogP contribution >= 0.6 is 11.3 Å². The third-order valence-electron chi connectivity index (χ3n) is 5.55. The standard InChI is InChI=1S/C24H22N4OS/c25-22-19(23-27-20-6-2-3-7-21(20)30-23)14-18(15-26-22)16-8-10-17(11-9-16)24(29)28-12-4-1-5-13-28/h2-3,6-11,14-15H,1,4-5,12-13H2,(H2,25,26). The predicted molar refractivity (Wildman–Crippen MR) is 122 cm³/mol. The minimum atomic E-state index is 0.117. The highest BCUT2D eigenvalue weighted by molar-refractivity contribution is 7.21. The van der Waals surface area contributed by atoms with Crippen LogP contribution in [0.5, 0.6) is 0 Å². The number of nitrogens with zero attached hydrogens (tertiary/aromatic N) is 3. The summed E-state index contributed by atoms with van der Waals surface area (Å²) in [6.07, 6.45) is 5.17. The summed E-state index contributed by atoms with van der Waals surface area (Å²) >= 11 is 1.61. The molecule has 0 radical (unpaired) electrons. The van der Waals surface area contributed by atoms with Crippen LogP contribution in [-0.2, 0) is 0 Å². The molecule has 1 fully saturated rings. The number of pyridine rings is 1. The van der Waals surface area contributed by atoms with E-state index in [1.165, 1.54) is 6.42 Å². The molecule has 0 spiro atoms. The summed E-state index contributed by atoms with van der Waals surface area (Å²) in [5.41, 5.74) is 10.7. The van der Waals surface area contributed by atoms with Crippen molar-refractivity contribution in [1.82, 2.24) is 14.9 Å². The van der Waals surface area contributed by atoms with Crippen molar-refractivity contribution in [3.63, 3.8) is 0 Å². The van der Waals surface area contributed by atoms with Crippen LogP contribution in [0.2, 0.25) is 0 Å². The summed E-state index contributed by atoms with van der Waals surface area (Å²) in [6, 6.07) is 17.8. The zero-order valence-electron chi connectivity index (χ0n) is 16.5. The number of thiazole rings is 1. The van der Waals surface area contributed by atoms with Crippen molar-refractivity contribution >= 4 is 33.3 Å². The van der Waals surface area contributed by atoms with Gasteiger partial charge >= 0.3 is 0 Å². The predicted octanol–water partition coefficient (Wildman–Crippen LogP) is 5.23. The van der Waals surface area contributed by atoms with Crippen LogP contribution in [0, 0.1) is 0 Å². The smallest absolute Gasteiger partial charge is 0.253 e. The van der Waals surface area contributed by atoms with Crippen LogP contribution in [-0.4, -0.2) is 33.9 Å². The Bertz CT molecular complexity index is 1180. The topological polar surface area (TPSA) is 72.1 Å². The Morgan fingerprint density at radius 2 is 1.73 bits per heavy atom. The van der Waals surface area contributed by atoms with Crippen LogP contribution < -0.4 is 5.73 Å². The van der Waals surface area contributed by atoms with Crippen molar-refractivity contribution in [2.45, 2.75) is 19.3 Å². The minimum absolute atomic E-state index is 0.117. The van der Waals surface area contributed by atoms with Gasteiger partial charge in [0.1, 0.15) is 10.8 Å². The van der Waals surface area contributed by atoms with Crippen molar-refractivity contribution in [1.29, 1.82) is 0 Å². The van der Waals surface area contributed by atoms with Gasteiger partial charge in [0.25, 0.3) is 5.91 Å². The first-order valence-electron chi connectivity index (χ1n) is 10.2. The monoisotopic (exact) mass is 414 g/mol. The van der Waals surface area contributed by atoms with Gasteiger partial charge in [-0.3, -0.25) is 4.79 Å². The van der Waals surface area contributed by atoms with Crippen LogP contribution in [0.3, 0.4) is 0 Å². The van der Waals surface area contributed by atoms with E-state index in [2.05, 4.69) is 11.1 Å². The van der Waals surface area contributed by atoms with E-state index in [0.717, 1.165) is 63.4 Å². The molecule has 0 aliphatic carbocycles. The Kier molecular flexibility index (Phi) is 4.93. The summed E-state index contributed by atoms with van der Waals surface area (Å²) < 4.78 is 1.12. The molecule has 30 heavy (non-hydrogen) atoms. The maximum Gasteiger partial charge on any atom is 0.253 e. The van der Waals surface area contributed by atoms with E-state index < -0.39 is 0 Å². The second kappa shape index (κ2) is 7.88. The maximum absolute atomic E-state index is 12.7. The van der Waals surface area contributed by atoms with Crippen molar-refractivity contribution in [3.8, 4) is 21.7 Å². The summed E-state index contributed by atoms with van der Waals surface area (Å²) in [6.45, 7) is 1.71. The number of para-hydroxylation sites is 1. The molecule has 0 unspecified atom stereocenters. The van der Waals surface area contributed by atoms with Gasteiger partial charge in [-0.15, -0.1) is 11.3 Å².